The van der Waals surface area contributed by atoms with E-state index in [1.807, 2.05) is 0 Å². The Labute approximate surface area is 75.1 Å². The monoisotopic (exact) mass is 218 g/mol. The van der Waals surface area contributed by atoms with Gasteiger partial charge >= 0.3 is 7.82 Å². The highest BCUT2D eigenvalue weighted by atomic mass is 31.2. The van der Waals surface area contributed by atoms with Gasteiger partial charge in [-0.25, -0.2) is 13.3 Å². The lowest BCUT2D eigenvalue weighted by atomic mass is 10.0. The van der Waals surface area contributed by atoms with E-state index in [1.54, 1.807) is 0 Å². The third kappa shape index (κ3) is 4.13. The van der Waals surface area contributed by atoms with Crippen molar-refractivity contribution in [3.63, 3.8) is 0 Å². The molecule has 0 saturated heterocycles. The molecule has 0 heterocycles. The van der Waals surface area contributed by atoms with Crippen molar-refractivity contribution >= 4 is 7.82 Å². The number of hydrogen-bond donors (Lipinski definition) is 2. The van der Waals surface area contributed by atoms with E-state index in [1.165, 1.54) is 13.8 Å². The van der Waals surface area contributed by atoms with Crippen LogP contribution in [-0.4, -0.2) is 21.8 Å². The van der Waals surface area contributed by atoms with Gasteiger partial charge in [0.2, 0.25) is 0 Å². The van der Waals surface area contributed by atoms with Crippen LogP contribution in [0.2, 0.25) is 0 Å². The Bertz CT molecular complexity index is 213. The third-order valence-corrected chi connectivity index (χ3v) is 2.20. The first-order valence-electron chi connectivity index (χ1n) is 3.69. The molecule has 0 aromatic carbocycles. The van der Waals surface area contributed by atoms with Gasteiger partial charge in [-0.1, -0.05) is 13.8 Å². The van der Waals surface area contributed by atoms with Crippen LogP contribution in [0.25, 0.3) is 0 Å². The topological polar surface area (TPSA) is 66.8 Å². The zero-order valence-electron chi connectivity index (χ0n) is 7.57. The predicted octanol–water partition coefficient (Wildman–Crippen LogP) is 1.78. The van der Waals surface area contributed by atoms with Gasteiger partial charge in [0.05, 0.1) is 0 Å². The summed E-state index contributed by atoms with van der Waals surface area (Å²) in [5.74, 6) is -4.28. The molecule has 4 nitrogen and oxygen atoms in total. The minimum absolute atomic E-state index is 0.930. The summed E-state index contributed by atoms with van der Waals surface area (Å²) >= 11 is 0. The summed E-state index contributed by atoms with van der Waals surface area (Å²) in [6.07, 6.45) is -1.80. The van der Waals surface area contributed by atoms with Crippen LogP contribution < -0.4 is 0 Å². The number of alkyl halides is 2. The van der Waals surface area contributed by atoms with E-state index in [0.717, 1.165) is 6.92 Å². The molecule has 0 rings (SSSR count). The molecule has 0 radical (unpaired) electrons. The van der Waals surface area contributed by atoms with Gasteiger partial charge in [0.1, 0.15) is 6.10 Å². The molecule has 2 N–H and O–H groups in total. The molecule has 7 heteroatoms. The lowest BCUT2D eigenvalue weighted by molar-refractivity contribution is -0.127. The van der Waals surface area contributed by atoms with Crippen molar-refractivity contribution in [3.05, 3.63) is 0 Å². The Morgan fingerprint density at radius 3 is 1.92 bits per heavy atom. The number of phosphoric acid groups is 1. The Morgan fingerprint density at radius 1 is 1.31 bits per heavy atom. The van der Waals surface area contributed by atoms with Gasteiger partial charge < -0.3 is 9.79 Å². The Morgan fingerprint density at radius 2 is 1.69 bits per heavy atom. The lowest BCUT2D eigenvalue weighted by Gasteiger charge is -2.26. The largest absolute Gasteiger partial charge is 0.470 e. The average Bonchev–Trinajstić information content (AvgIpc) is 1.82. The maximum absolute atomic E-state index is 13.0. The predicted molar refractivity (Wildman–Crippen MR) is 42.4 cm³/mol. The molecule has 0 amide bonds. The first kappa shape index (κ1) is 13.0. The highest BCUT2D eigenvalue weighted by Crippen LogP contribution is 2.42. The van der Waals surface area contributed by atoms with Gasteiger partial charge in [0.15, 0.2) is 0 Å². The summed E-state index contributed by atoms with van der Waals surface area (Å²) in [5, 5.41) is 0. The molecule has 0 saturated carbocycles. The molecule has 1 atom stereocenters. The van der Waals surface area contributed by atoms with Gasteiger partial charge in [-0.05, 0) is 6.92 Å². The molecule has 0 fully saturated rings. The van der Waals surface area contributed by atoms with Crippen molar-refractivity contribution < 1.29 is 27.7 Å². The van der Waals surface area contributed by atoms with E-state index in [9.17, 15) is 13.3 Å². The van der Waals surface area contributed by atoms with Crippen molar-refractivity contribution in [2.24, 2.45) is 5.92 Å². The molecule has 0 aliphatic rings. The van der Waals surface area contributed by atoms with Crippen molar-refractivity contribution in [2.45, 2.75) is 32.8 Å². The zero-order valence-corrected chi connectivity index (χ0v) is 8.46. The molecular weight excluding hydrogens is 205 g/mol. The van der Waals surface area contributed by atoms with E-state index in [0.29, 0.717) is 0 Å². The highest BCUT2D eigenvalue weighted by molar-refractivity contribution is 7.46. The third-order valence-electron chi connectivity index (χ3n) is 1.61. The van der Waals surface area contributed by atoms with Gasteiger partial charge in [-0.2, -0.15) is 0 Å². The summed E-state index contributed by atoms with van der Waals surface area (Å²) < 4.78 is 40.1. The van der Waals surface area contributed by atoms with Crippen molar-refractivity contribution in [1.29, 1.82) is 0 Å². The lowest BCUT2D eigenvalue weighted by Crippen LogP contribution is -2.37. The molecular formula is C6H13F2O4P. The number of rotatable bonds is 4. The number of phosphoric ester groups is 1. The van der Waals surface area contributed by atoms with E-state index < -0.39 is 25.8 Å². The second-order valence-corrected chi connectivity index (χ2v) is 4.26. The molecule has 80 valence electrons. The minimum Gasteiger partial charge on any atom is -0.303 e. The zero-order chi connectivity index (χ0) is 10.9. The van der Waals surface area contributed by atoms with Crippen LogP contribution in [0.5, 0.6) is 0 Å². The number of halogens is 2. The summed E-state index contributed by atoms with van der Waals surface area (Å²) in [4.78, 5) is 16.6. The van der Waals surface area contributed by atoms with E-state index >= 15 is 0 Å². The van der Waals surface area contributed by atoms with Crippen LogP contribution in [0.1, 0.15) is 20.8 Å². The number of hydrogen-bond acceptors (Lipinski definition) is 2. The summed E-state index contributed by atoms with van der Waals surface area (Å²) in [5.41, 5.74) is 0. The fraction of sp³-hybridized carbons (Fsp3) is 1.00. The summed E-state index contributed by atoms with van der Waals surface area (Å²) in [6.45, 7) is 3.43. The maximum Gasteiger partial charge on any atom is 0.470 e. The van der Waals surface area contributed by atoms with Gasteiger partial charge in [-0.15, -0.1) is 0 Å². The molecule has 0 aliphatic carbocycles. The van der Waals surface area contributed by atoms with Crippen molar-refractivity contribution in [3.8, 4) is 0 Å². The Balaban J connectivity index is 4.43. The first-order chi connectivity index (χ1) is 5.57. The Hall–Kier alpha value is -0.0300. The fourth-order valence-electron chi connectivity index (χ4n) is 0.746. The van der Waals surface area contributed by atoms with Crippen LogP contribution in [0, 0.1) is 5.92 Å². The van der Waals surface area contributed by atoms with Crippen molar-refractivity contribution in [2.75, 3.05) is 0 Å². The normalized spacial score (nSPS) is 16.3. The highest BCUT2D eigenvalue weighted by Gasteiger charge is 2.43. The van der Waals surface area contributed by atoms with Crippen LogP contribution in [0.4, 0.5) is 8.78 Å². The van der Waals surface area contributed by atoms with Gasteiger partial charge in [0.25, 0.3) is 5.92 Å². The van der Waals surface area contributed by atoms with Crippen LogP contribution in [-0.2, 0) is 9.09 Å². The summed E-state index contributed by atoms with van der Waals surface area (Å²) in [6, 6.07) is 0. The SMILES string of the molecule is CC(C)C(F)(F)C(C)OP(=O)(O)O. The molecule has 0 bridgehead atoms. The molecule has 0 aliphatic heterocycles. The smallest absolute Gasteiger partial charge is 0.303 e. The average molecular weight is 218 g/mol. The summed E-state index contributed by atoms with van der Waals surface area (Å²) in [7, 11) is -4.84. The quantitative estimate of drug-likeness (QED) is 0.705. The molecule has 0 aromatic heterocycles. The maximum atomic E-state index is 13.0. The molecule has 0 spiro atoms. The molecule has 1 unspecified atom stereocenters. The standard InChI is InChI=1S/C6H13F2O4P/c1-4(2)6(7,8)5(3)12-13(9,10)11/h4-5H,1-3H3,(H2,9,10,11). The fourth-order valence-corrected chi connectivity index (χ4v) is 1.30. The molecule has 13 heavy (non-hydrogen) atoms. The van der Waals surface area contributed by atoms with E-state index in [-0.39, 0.29) is 0 Å². The van der Waals surface area contributed by atoms with E-state index in [2.05, 4.69) is 4.52 Å². The van der Waals surface area contributed by atoms with Crippen LogP contribution >= 0.6 is 7.82 Å². The van der Waals surface area contributed by atoms with Crippen LogP contribution in [0.15, 0.2) is 0 Å². The minimum atomic E-state index is -4.84. The Kier molecular flexibility index (Phi) is 3.99. The van der Waals surface area contributed by atoms with E-state index in [4.69, 9.17) is 9.79 Å². The van der Waals surface area contributed by atoms with Gasteiger partial charge in [0, 0.05) is 5.92 Å². The second-order valence-electron chi connectivity index (χ2n) is 3.07. The molecule has 0 aromatic rings. The van der Waals surface area contributed by atoms with Gasteiger partial charge in [-0.3, -0.25) is 4.52 Å². The second kappa shape index (κ2) is 4.00. The van der Waals surface area contributed by atoms with Crippen LogP contribution in [0.3, 0.4) is 0 Å². The first-order valence-corrected chi connectivity index (χ1v) is 5.22. The van der Waals surface area contributed by atoms with Crippen molar-refractivity contribution in [1.82, 2.24) is 0 Å².